The van der Waals surface area contributed by atoms with Crippen LogP contribution in [0.2, 0.25) is 0 Å². The summed E-state index contributed by atoms with van der Waals surface area (Å²) in [5.41, 5.74) is 1.21. The van der Waals surface area contributed by atoms with Gasteiger partial charge in [0.05, 0.1) is 18.5 Å². The summed E-state index contributed by atoms with van der Waals surface area (Å²) >= 11 is 0. The average molecular weight is 421 g/mol. The molecule has 0 N–H and O–H groups in total. The number of ether oxygens (including phenoxy) is 1. The Morgan fingerprint density at radius 2 is 1.62 bits per heavy atom. The van der Waals surface area contributed by atoms with E-state index in [1.54, 1.807) is 4.31 Å². The zero-order chi connectivity index (χ0) is 20.4. The van der Waals surface area contributed by atoms with E-state index in [0.29, 0.717) is 31.6 Å². The number of hydrogen-bond donors (Lipinski definition) is 0. The van der Waals surface area contributed by atoms with Crippen LogP contribution in [-0.4, -0.2) is 67.2 Å². The minimum absolute atomic E-state index is 0.137. The summed E-state index contributed by atoms with van der Waals surface area (Å²) < 4.78 is 31.3. The highest BCUT2D eigenvalue weighted by molar-refractivity contribution is 7.88. The molecule has 1 amide bonds. The predicted octanol–water partition coefficient (Wildman–Crippen LogP) is 2.58. The number of benzene rings is 1. The molecule has 3 aliphatic heterocycles. The number of aryl methyl sites for hydroxylation is 1. The van der Waals surface area contributed by atoms with Gasteiger partial charge in [0.25, 0.3) is 0 Å². The Hall–Kier alpha value is -1.44. The molecule has 160 valence electrons. The fourth-order valence-electron chi connectivity index (χ4n) is 5.24. The first-order valence-corrected chi connectivity index (χ1v) is 12.7. The lowest BCUT2D eigenvalue weighted by Gasteiger charge is -2.41. The highest BCUT2D eigenvalue weighted by Crippen LogP contribution is 2.38. The van der Waals surface area contributed by atoms with E-state index >= 15 is 0 Å². The van der Waals surface area contributed by atoms with Gasteiger partial charge in [-0.25, -0.2) is 12.7 Å². The maximum atomic E-state index is 12.9. The number of amides is 1. The summed E-state index contributed by atoms with van der Waals surface area (Å²) in [5, 5.41) is 0. The first-order valence-electron chi connectivity index (χ1n) is 10.9. The maximum absolute atomic E-state index is 12.9. The molecule has 2 bridgehead atoms. The van der Waals surface area contributed by atoms with Crippen LogP contribution < -0.4 is 0 Å². The van der Waals surface area contributed by atoms with Crippen LogP contribution >= 0.6 is 0 Å². The van der Waals surface area contributed by atoms with E-state index < -0.39 is 10.0 Å². The molecule has 6 nitrogen and oxygen atoms in total. The molecule has 1 aromatic carbocycles. The van der Waals surface area contributed by atoms with E-state index in [1.165, 1.54) is 11.8 Å². The van der Waals surface area contributed by atoms with Gasteiger partial charge in [0.15, 0.2) is 0 Å². The third-order valence-corrected chi connectivity index (χ3v) is 8.01. The highest BCUT2D eigenvalue weighted by atomic mass is 32.2. The molecular formula is C22H32N2O4S. The monoisotopic (exact) mass is 420 g/mol. The fraction of sp³-hybridized carbons (Fsp3) is 0.682. The lowest BCUT2D eigenvalue weighted by molar-refractivity contribution is -0.140. The molecule has 0 radical (unpaired) electrons. The topological polar surface area (TPSA) is 66.9 Å². The maximum Gasteiger partial charge on any atom is 0.223 e. The van der Waals surface area contributed by atoms with Crippen molar-refractivity contribution in [1.29, 1.82) is 0 Å². The number of fused-ring (bicyclic) bond motifs is 2. The summed E-state index contributed by atoms with van der Waals surface area (Å²) in [5.74, 6) is 0.279. The molecule has 3 saturated heterocycles. The SMILES string of the molecule is CS(=O)(=O)N1CCC(OC2CC3CCC(C2)N3C(=O)CCc2ccccc2)CC1. The predicted molar refractivity (Wildman–Crippen MR) is 112 cm³/mol. The largest absolute Gasteiger partial charge is 0.375 e. The molecule has 3 fully saturated rings. The molecular weight excluding hydrogens is 388 g/mol. The zero-order valence-corrected chi connectivity index (χ0v) is 18.0. The molecule has 3 heterocycles. The van der Waals surface area contributed by atoms with E-state index in [4.69, 9.17) is 4.74 Å². The number of sulfonamides is 1. The Kier molecular flexibility index (Phi) is 6.27. The van der Waals surface area contributed by atoms with Crippen molar-refractivity contribution in [3.05, 3.63) is 35.9 Å². The van der Waals surface area contributed by atoms with Crippen molar-refractivity contribution < 1.29 is 17.9 Å². The van der Waals surface area contributed by atoms with Crippen LogP contribution in [0.4, 0.5) is 0 Å². The van der Waals surface area contributed by atoms with Gasteiger partial charge in [0.2, 0.25) is 15.9 Å². The molecule has 3 aliphatic rings. The Morgan fingerprint density at radius 3 is 2.21 bits per heavy atom. The minimum atomic E-state index is -3.10. The van der Waals surface area contributed by atoms with Gasteiger partial charge >= 0.3 is 0 Å². The number of rotatable bonds is 6. The van der Waals surface area contributed by atoms with Gasteiger partial charge in [-0.1, -0.05) is 30.3 Å². The van der Waals surface area contributed by atoms with Gasteiger partial charge in [-0.15, -0.1) is 0 Å². The van der Waals surface area contributed by atoms with Crippen molar-refractivity contribution in [3.63, 3.8) is 0 Å². The number of carbonyl (C=O) groups excluding carboxylic acids is 1. The second-order valence-corrected chi connectivity index (χ2v) is 10.7. The van der Waals surface area contributed by atoms with Crippen LogP contribution in [0.25, 0.3) is 0 Å². The van der Waals surface area contributed by atoms with Crippen molar-refractivity contribution in [1.82, 2.24) is 9.21 Å². The van der Waals surface area contributed by atoms with Crippen molar-refractivity contribution in [2.24, 2.45) is 0 Å². The second-order valence-electron chi connectivity index (χ2n) is 8.76. The lowest BCUT2D eigenvalue weighted by atomic mass is 9.97. The fourth-order valence-corrected chi connectivity index (χ4v) is 6.12. The van der Waals surface area contributed by atoms with Crippen LogP contribution in [0.5, 0.6) is 0 Å². The lowest BCUT2D eigenvalue weighted by Crippen LogP contribution is -2.50. The van der Waals surface area contributed by atoms with Gasteiger partial charge in [-0.05, 0) is 50.5 Å². The highest BCUT2D eigenvalue weighted by Gasteiger charge is 2.44. The molecule has 0 aromatic heterocycles. The van der Waals surface area contributed by atoms with Crippen LogP contribution in [-0.2, 0) is 26.0 Å². The third kappa shape index (κ3) is 5.01. The van der Waals surface area contributed by atoms with Gasteiger partial charge < -0.3 is 9.64 Å². The number of piperidine rings is 2. The standard InChI is InChI=1S/C22H32N2O4S/c1-29(26,27)23-13-11-20(12-14-23)28-21-15-18-8-9-19(16-21)24(18)22(25)10-7-17-5-3-2-4-6-17/h2-6,18-21H,7-16H2,1H3. The summed E-state index contributed by atoms with van der Waals surface area (Å²) in [4.78, 5) is 15.0. The molecule has 1 aromatic rings. The molecule has 2 atom stereocenters. The molecule has 0 spiro atoms. The summed E-state index contributed by atoms with van der Waals surface area (Å²) in [6, 6.07) is 10.8. The van der Waals surface area contributed by atoms with Crippen molar-refractivity contribution >= 4 is 15.9 Å². The number of hydrogen-bond acceptors (Lipinski definition) is 4. The van der Waals surface area contributed by atoms with Gasteiger partial charge in [-0.3, -0.25) is 4.79 Å². The third-order valence-electron chi connectivity index (χ3n) is 6.70. The van der Waals surface area contributed by atoms with E-state index in [1.807, 2.05) is 18.2 Å². The second kappa shape index (κ2) is 8.74. The van der Waals surface area contributed by atoms with Crippen LogP contribution in [0, 0.1) is 0 Å². The molecule has 4 rings (SSSR count). The number of carbonyl (C=O) groups is 1. The Bertz CT molecular complexity index is 791. The van der Waals surface area contributed by atoms with E-state index in [-0.39, 0.29) is 18.1 Å². The molecule has 7 heteroatoms. The van der Waals surface area contributed by atoms with Gasteiger partial charge in [-0.2, -0.15) is 0 Å². The summed E-state index contributed by atoms with van der Waals surface area (Å²) in [6.07, 6.45) is 8.49. The first-order chi connectivity index (χ1) is 13.9. The van der Waals surface area contributed by atoms with Crippen LogP contribution in [0.3, 0.4) is 0 Å². The van der Waals surface area contributed by atoms with E-state index in [2.05, 4.69) is 17.0 Å². The van der Waals surface area contributed by atoms with Crippen LogP contribution in [0.15, 0.2) is 30.3 Å². The van der Waals surface area contributed by atoms with E-state index in [9.17, 15) is 13.2 Å². The minimum Gasteiger partial charge on any atom is -0.375 e. The Balaban J connectivity index is 1.26. The summed E-state index contributed by atoms with van der Waals surface area (Å²) in [6.45, 7) is 1.10. The Morgan fingerprint density at radius 1 is 1.00 bits per heavy atom. The Labute approximate surface area is 174 Å². The number of nitrogens with zero attached hydrogens (tertiary/aromatic N) is 2. The van der Waals surface area contributed by atoms with Crippen LogP contribution in [0.1, 0.15) is 50.5 Å². The van der Waals surface area contributed by atoms with Crippen molar-refractivity contribution in [2.45, 2.75) is 75.7 Å². The molecule has 2 unspecified atom stereocenters. The smallest absolute Gasteiger partial charge is 0.223 e. The van der Waals surface area contributed by atoms with Crippen molar-refractivity contribution in [3.8, 4) is 0 Å². The van der Waals surface area contributed by atoms with Crippen molar-refractivity contribution in [2.75, 3.05) is 19.3 Å². The average Bonchev–Trinajstić information content (AvgIpc) is 2.97. The summed E-state index contributed by atoms with van der Waals surface area (Å²) in [7, 11) is -3.10. The molecule has 0 saturated carbocycles. The first kappa shape index (κ1) is 20.8. The molecule has 29 heavy (non-hydrogen) atoms. The van der Waals surface area contributed by atoms with Gasteiger partial charge in [0.1, 0.15) is 0 Å². The molecule has 0 aliphatic carbocycles. The normalized spacial score (nSPS) is 28.6. The van der Waals surface area contributed by atoms with E-state index in [0.717, 1.165) is 44.9 Å². The quantitative estimate of drug-likeness (QED) is 0.709. The van der Waals surface area contributed by atoms with Gasteiger partial charge in [0, 0.05) is 31.6 Å². The zero-order valence-electron chi connectivity index (χ0n) is 17.2.